The molecule has 2 heterocycles. The third kappa shape index (κ3) is 3.80. The van der Waals surface area contributed by atoms with E-state index < -0.39 is 23.2 Å². The molecule has 0 radical (unpaired) electrons. The van der Waals surface area contributed by atoms with Gasteiger partial charge in [0.2, 0.25) is 5.78 Å². The molecule has 0 saturated heterocycles. The Morgan fingerprint density at radius 3 is 2.31 bits per heavy atom. The summed E-state index contributed by atoms with van der Waals surface area (Å²) in [6, 6.07) is 15.5. The molecule has 2 aromatic heterocycles. The molecule has 1 atom stereocenters. The Morgan fingerprint density at radius 2 is 1.69 bits per heavy atom. The number of benzene rings is 2. The van der Waals surface area contributed by atoms with E-state index in [0.717, 1.165) is 5.69 Å². The van der Waals surface area contributed by atoms with Crippen LogP contribution in [0.1, 0.15) is 22.0 Å². The average molecular weight is 430 g/mol. The van der Waals surface area contributed by atoms with Crippen LogP contribution in [0, 0.1) is 0 Å². The number of carbonyl (C=O) groups is 1. The number of Topliss-reactive ketones (excluding diaryl/α,β-unsaturated/α-hetero) is 1. The van der Waals surface area contributed by atoms with Crippen LogP contribution in [0.25, 0.3) is 11.0 Å². The van der Waals surface area contributed by atoms with Crippen molar-refractivity contribution in [3.8, 4) is 11.5 Å². The lowest BCUT2D eigenvalue weighted by molar-refractivity contribution is -0.699. The number of pyridine rings is 1. The summed E-state index contributed by atoms with van der Waals surface area (Å²) in [6.45, 7) is 0. The van der Waals surface area contributed by atoms with Gasteiger partial charge in [-0.3, -0.25) is 4.79 Å². The number of hydrogen-bond donors (Lipinski definition) is 0. The van der Waals surface area contributed by atoms with Crippen molar-refractivity contribution in [3.05, 3.63) is 94.6 Å². The molecule has 0 saturated carbocycles. The van der Waals surface area contributed by atoms with Crippen LogP contribution in [0.2, 0.25) is 0 Å². The number of fused-ring (bicyclic) bond motifs is 1. The van der Waals surface area contributed by atoms with Crippen molar-refractivity contribution in [1.29, 1.82) is 0 Å². The maximum absolute atomic E-state index is 13.6. The first-order valence-corrected chi connectivity index (χ1v) is 10.00. The van der Waals surface area contributed by atoms with Gasteiger partial charge in [0.1, 0.15) is 16.9 Å². The molecule has 32 heavy (non-hydrogen) atoms. The number of rotatable bonds is 6. The Morgan fingerprint density at radius 1 is 1.03 bits per heavy atom. The molecular formula is C25H22N2O5. The van der Waals surface area contributed by atoms with Crippen molar-refractivity contribution >= 4 is 22.4 Å². The normalized spacial score (nSPS) is 11.8. The second-order valence-electron chi connectivity index (χ2n) is 7.52. The van der Waals surface area contributed by atoms with Crippen LogP contribution >= 0.6 is 0 Å². The SMILES string of the molecule is COc1ccc(C(=O)C(c2c([O-])c3ccccc3oc2=O)[n+]2ccc(N(C)C)cc2)cc1. The van der Waals surface area contributed by atoms with Crippen LogP contribution in [-0.2, 0) is 0 Å². The van der Waals surface area contributed by atoms with Crippen molar-refractivity contribution < 1.29 is 23.6 Å². The molecule has 0 aliphatic heterocycles. The van der Waals surface area contributed by atoms with E-state index in [9.17, 15) is 14.7 Å². The average Bonchev–Trinajstić information content (AvgIpc) is 2.81. The van der Waals surface area contributed by atoms with Gasteiger partial charge in [-0.1, -0.05) is 23.9 Å². The zero-order valence-electron chi connectivity index (χ0n) is 17.9. The summed E-state index contributed by atoms with van der Waals surface area (Å²) in [5, 5.41) is 13.6. The smallest absolute Gasteiger partial charge is 0.346 e. The molecule has 0 spiro atoms. The quantitative estimate of drug-likeness (QED) is 0.266. The van der Waals surface area contributed by atoms with Crippen molar-refractivity contribution in [2.75, 3.05) is 26.1 Å². The van der Waals surface area contributed by atoms with Gasteiger partial charge in [-0.25, -0.2) is 4.79 Å². The van der Waals surface area contributed by atoms with Gasteiger partial charge in [0.15, 0.2) is 12.4 Å². The van der Waals surface area contributed by atoms with Gasteiger partial charge in [-0.05, 0) is 30.3 Å². The molecule has 1 unspecified atom stereocenters. The van der Waals surface area contributed by atoms with Crippen LogP contribution in [0.15, 0.2) is 82.3 Å². The molecule has 2 aromatic carbocycles. The minimum Gasteiger partial charge on any atom is -0.871 e. The first kappa shape index (κ1) is 21.1. The predicted molar refractivity (Wildman–Crippen MR) is 118 cm³/mol. The first-order chi connectivity index (χ1) is 15.4. The fraction of sp³-hybridized carbons (Fsp3) is 0.160. The summed E-state index contributed by atoms with van der Waals surface area (Å²) in [5.41, 5.74) is 0.378. The summed E-state index contributed by atoms with van der Waals surface area (Å²) >= 11 is 0. The van der Waals surface area contributed by atoms with Crippen molar-refractivity contribution in [2.45, 2.75) is 6.04 Å². The van der Waals surface area contributed by atoms with Crippen molar-refractivity contribution in [3.63, 3.8) is 0 Å². The lowest BCUT2D eigenvalue weighted by atomic mass is 9.96. The minimum absolute atomic E-state index is 0.190. The highest BCUT2D eigenvalue weighted by molar-refractivity contribution is 6.01. The molecule has 0 aliphatic rings. The van der Waals surface area contributed by atoms with Crippen LogP contribution in [0.3, 0.4) is 0 Å². The van der Waals surface area contributed by atoms with Gasteiger partial charge in [-0.15, -0.1) is 0 Å². The van der Waals surface area contributed by atoms with Gasteiger partial charge in [-0.2, -0.15) is 4.57 Å². The zero-order chi connectivity index (χ0) is 22.8. The second kappa shape index (κ2) is 8.55. The Balaban J connectivity index is 1.92. The highest BCUT2D eigenvalue weighted by Gasteiger charge is 2.35. The van der Waals surface area contributed by atoms with E-state index in [1.54, 1.807) is 77.6 Å². The number of ether oxygens (including phenoxy) is 1. The Kier molecular flexibility index (Phi) is 5.64. The van der Waals surface area contributed by atoms with E-state index in [4.69, 9.17) is 9.15 Å². The van der Waals surface area contributed by atoms with Crippen LogP contribution in [-0.4, -0.2) is 27.0 Å². The molecule has 162 valence electrons. The summed E-state index contributed by atoms with van der Waals surface area (Å²) < 4.78 is 12.1. The number of ketones is 1. The Hall–Kier alpha value is -4.13. The number of nitrogens with zero attached hydrogens (tertiary/aromatic N) is 2. The third-order valence-corrected chi connectivity index (χ3v) is 5.34. The van der Waals surface area contributed by atoms with E-state index in [-0.39, 0.29) is 16.5 Å². The molecule has 0 aliphatic carbocycles. The predicted octanol–water partition coefficient (Wildman–Crippen LogP) is 2.70. The molecular weight excluding hydrogens is 408 g/mol. The van der Waals surface area contributed by atoms with Gasteiger partial charge < -0.3 is 19.2 Å². The molecule has 7 nitrogen and oxygen atoms in total. The number of carbonyl (C=O) groups excluding carboxylic acids is 1. The van der Waals surface area contributed by atoms with Gasteiger partial charge in [0.05, 0.1) is 7.11 Å². The molecule has 7 heteroatoms. The van der Waals surface area contributed by atoms with E-state index in [1.807, 2.05) is 19.0 Å². The van der Waals surface area contributed by atoms with Crippen molar-refractivity contribution in [1.82, 2.24) is 0 Å². The largest absolute Gasteiger partial charge is 0.871 e. The van der Waals surface area contributed by atoms with Crippen LogP contribution < -0.4 is 24.9 Å². The van der Waals surface area contributed by atoms with E-state index in [0.29, 0.717) is 11.3 Å². The fourth-order valence-electron chi connectivity index (χ4n) is 3.60. The van der Waals surface area contributed by atoms with Gasteiger partial charge in [0, 0.05) is 42.9 Å². The molecule has 0 amide bonds. The summed E-state index contributed by atoms with van der Waals surface area (Å²) in [4.78, 5) is 28.4. The van der Waals surface area contributed by atoms with E-state index in [1.165, 1.54) is 7.11 Å². The Labute approximate surface area is 184 Å². The fourth-order valence-corrected chi connectivity index (χ4v) is 3.60. The van der Waals surface area contributed by atoms with Crippen molar-refractivity contribution in [2.24, 2.45) is 0 Å². The number of anilines is 1. The number of aromatic nitrogens is 1. The topological polar surface area (TPSA) is 86.7 Å². The Bertz CT molecular complexity index is 1330. The van der Waals surface area contributed by atoms with E-state index >= 15 is 0 Å². The molecule has 4 rings (SSSR count). The molecule has 4 aromatic rings. The number of methoxy groups -OCH3 is 1. The highest BCUT2D eigenvalue weighted by atomic mass is 16.5. The summed E-state index contributed by atoms with van der Waals surface area (Å²) in [6.07, 6.45) is 3.35. The lowest BCUT2D eigenvalue weighted by Gasteiger charge is -2.19. The second-order valence-corrected chi connectivity index (χ2v) is 7.52. The van der Waals surface area contributed by atoms with Crippen LogP contribution in [0.4, 0.5) is 5.69 Å². The number of hydrogen-bond acceptors (Lipinski definition) is 6. The van der Waals surface area contributed by atoms with Crippen LogP contribution in [0.5, 0.6) is 11.5 Å². The van der Waals surface area contributed by atoms with E-state index in [2.05, 4.69) is 0 Å². The molecule has 0 N–H and O–H groups in total. The summed E-state index contributed by atoms with van der Waals surface area (Å²) in [7, 11) is 5.33. The molecule has 0 bridgehead atoms. The zero-order valence-corrected chi connectivity index (χ0v) is 17.9. The number of para-hydroxylation sites is 1. The monoisotopic (exact) mass is 430 g/mol. The standard InChI is InChI=1S/C25H22N2O5/c1-26(2)17-12-14-27(15-13-17)22(23(28)16-8-10-18(31-3)11-9-16)21-24(29)19-6-4-5-7-20(19)32-25(21)30/h4-15,22H,1-3H3. The first-order valence-electron chi connectivity index (χ1n) is 10.00. The maximum Gasteiger partial charge on any atom is 0.346 e. The minimum atomic E-state index is -1.19. The lowest BCUT2D eigenvalue weighted by Crippen LogP contribution is -2.46. The van der Waals surface area contributed by atoms with Gasteiger partial charge in [0.25, 0.3) is 6.04 Å². The molecule has 0 fully saturated rings. The summed E-state index contributed by atoms with van der Waals surface area (Å²) in [5.74, 6) is -0.335. The third-order valence-electron chi connectivity index (χ3n) is 5.34. The maximum atomic E-state index is 13.6. The van der Waals surface area contributed by atoms with Gasteiger partial charge >= 0.3 is 5.63 Å². The highest BCUT2D eigenvalue weighted by Crippen LogP contribution is 2.29.